The number of rotatable bonds is 6. The smallest absolute Gasteiger partial charge is 0.148 e. The topological polar surface area (TPSA) is 61.6 Å². The van der Waals surface area contributed by atoms with Gasteiger partial charge in [-0.3, -0.25) is 0 Å². The van der Waals surface area contributed by atoms with Crippen molar-refractivity contribution in [1.29, 1.82) is 5.26 Å². The van der Waals surface area contributed by atoms with Crippen molar-refractivity contribution in [1.82, 2.24) is 15.5 Å². The van der Waals surface area contributed by atoms with Gasteiger partial charge in [0.15, 0.2) is 0 Å². The van der Waals surface area contributed by atoms with Crippen LogP contribution in [0, 0.1) is 17.2 Å². The molecule has 4 nitrogen and oxygen atoms in total. The number of piperidine rings is 1. The summed E-state index contributed by atoms with van der Waals surface area (Å²) in [5, 5.41) is 23.6. The van der Waals surface area contributed by atoms with E-state index in [0.29, 0.717) is 5.92 Å². The normalized spacial score (nSPS) is 17.3. The molecule has 0 unspecified atom stereocenters. The summed E-state index contributed by atoms with van der Waals surface area (Å²) in [6, 6.07) is 8.38. The molecule has 156 valence electrons. The van der Waals surface area contributed by atoms with Crippen LogP contribution in [0.2, 0.25) is 0 Å². The van der Waals surface area contributed by atoms with Crippen LogP contribution in [0.1, 0.15) is 56.7 Å². The van der Waals surface area contributed by atoms with Crippen molar-refractivity contribution in [3.63, 3.8) is 0 Å². The Labute approximate surface area is 184 Å². The maximum Gasteiger partial charge on any atom is 0.148 e. The zero-order valence-corrected chi connectivity index (χ0v) is 19.2. The van der Waals surface area contributed by atoms with E-state index in [2.05, 4.69) is 74.1 Å². The van der Waals surface area contributed by atoms with Gasteiger partial charge >= 0.3 is 0 Å². The quantitative estimate of drug-likeness (QED) is 0.631. The van der Waals surface area contributed by atoms with Gasteiger partial charge in [0.2, 0.25) is 0 Å². The lowest BCUT2D eigenvalue weighted by molar-refractivity contribution is 0.646. The van der Waals surface area contributed by atoms with E-state index in [9.17, 15) is 5.26 Å². The second-order valence-electron chi connectivity index (χ2n) is 8.02. The molecule has 1 aromatic heterocycles. The van der Waals surface area contributed by atoms with E-state index in [1.54, 1.807) is 11.3 Å². The Bertz CT molecular complexity index is 1030. The maximum absolute atomic E-state index is 9.58. The fraction of sp³-hybridized carbons (Fsp3) is 0.400. The summed E-state index contributed by atoms with van der Waals surface area (Å²) in [4.78, 5) is 0. The van der Waals surface area contributed by atoms with Gasteiger partial charge in [-0.2, -0.15) is 5.26 Å². The lowest BCUT2D eigenvalue weighted by Crippen LogP contribution is -2.26. The average Bonchev–Trinajstić information content (AvgIpc) is 3.24. The summed E-state index contributed by atoms with van der Waals surface area (Å²) in [5.41, 5.74) is 7.74. The maximum atomic E-state index is 9.58. The molecule has 0 saturated carbocycles. The van der Waals surface area contributed by atoms with Crippen LogP contribution in [0.4, 0.5) is 0 Å². The van der Waals surface area contributed by atoms with Gasteiger partial charge in [0.25, 0.3) is 0 Å². The van der Waals surface area contributed by atoms with Gasteiger partial charge in [0, 0.05) is 17.7 Å². The Morgan fingerprint density at radius 1 is 1.37 bits per heavy atom. The number of allylic oxidation sites excluding steroid dienone is 3. The van der Waals surface area contributed by atoms with Crippen molar-refractivity contribution >= 4 is 16.9 Å². The summed E-state index contributed by atoms with van der Waals surface area (Å²) < 4.78 is 0. The Kier molecular flexibility index (Phi) is 7.36. The number of benzene rings is 1. The highest BCUT2D eigenvalue weighted by Gasteiger charge is 2.19. The van der Waals surface area contributed by atoms with Crippen molar-refractivity contribution in [2.24, 2.45) is 5.92 Å². The zero-order valence-electron chi connectivity index (χ0n) is 18.4. The van der Waals surface area contributed by atoms with Crippen molar-refractivity contribution < 1.29 is 0 Å². The van der Waals surface area contributed by atoms with Crippen LogP contribution in [-0.2, 0) is 6.42 Å². The van der Waals surface area contributed by atoms with Crippen LogP contribution in [0.25, 0.3) is 16.1 Å². The largest absolute Gasteiger partial charge is 0.312 e. The minimum absolute atomic E-state index is 0.511. The van der Waals surface area contributed by atoms with Crippen LogP contribution in [0.5, 0.6) is 0 Å². The number of nitriles is 1. The number of hydrogen-bond donors (Lipinski definition) is 1. The fourth-order valence-electron chi connectivity index (χ4n) is 3.96. The van der Waals surface area contributed by atoms with Crippen molar-refractivity contribution in [3.05, 3.63) is 63.7 Å². The molecule has 1 aliphatic rings. The van der Waals surface area contributed by atoms with E-state index in [0.717, 1.165) is 64.6 Å². The minimum Gasteiger partial charge on any atom is -0.312 e. The second kappa shape index (κ2) is 9.97. The van der Waals surface area contributed by atoms with Gasteiger partial charge in [-0.05, 0) is 67.0 Å². The SMILES string of the molecule is C=C(C(CC)=C1CCNCC1=CC)c1nnc(-c2ccc(CC(C)C)c(C#N)c2)s1. The van der Waals surface area contributed by atoms with Crippen molar-refractivity contribution in [3.8, 4) is 16.6 Å². The van der Waals surface area contributed by atoms with E-state index < -0.39 is 0 Å². The third-order valence-electron chi connectivity index (χ3n) is 5.47. The minimum atomic E-state index is 0.511. The predicted octanol–water partition coefficient (Wildman–Crippen LogP) is 5.93. The monoisotopic (exact) mass is 418 g/mol. The van der Waals surface area contributed by atoms with E-state index >= 15 is 0 Å². The van der Waals surface area contributed by atoms with Crippen LogP contribution in [-0.4, -0.2) is 23.3 Å². The first-order valence-corrected chi connectivity index (χ1v) is 11.4. The molecule has 1 N–H and O–H groups in total. The lowest BCUT2D eigenvalue weighted by atomic mass is 9.89. The van der Waals surface area contributed by atoms with E-state index in [-0.39, 0.29) is 0 Å². The molecule has 0 aliphatic carbocycles. The van der Waals surface area contributed by atoms with E-state index in [4.69, 9.17) is 0 Å². The predicted molar refractivity (Wildman–Crippen MR) is 126 cm³/mol. The molecule has 0 spiro atoms. The Balaban J connectivity index is 1.92. The van der Waals surface area contributed by atoms with Gasteiger partial charge in [0.1, 0.15) is 10.0 Å². The molecule has 3 rings (SSSR count). The molecular weight excluding hydrogens is 388 g/mol. The standard InChI is InChI=1S/C25H30N4S/c1-6-18-15-27-11-10-23(18)22(7-2)17(5)24-28-29-25(30-24)20-9-8-19(12-16(3)4)21(13-20)14-26/h6,8-9,13,16,27H,5,7,10-12,15H2,1-4H3. The Morgan fingerprint density at radius 3 is 2.83 bits per heavy atom. The van der Waals surface area contributed by atoms with Gasteiger partial charge in [0.05, 0.1) is 11.6 Å². The lowest BCUT2D eigenvalue weighted by Gasteiger charge is -2.23. The highest BCUT2D eigenvalue weighted by Crippen LogP contribution is 2.36. The van der Waals surface area contributed by atoms with Crippen LogP contribution in [0.15, 0.2) is 47.6 Å². The van der Waals surface area contributed by atoms with Gasteiger partial charge in [-0.1, -0.05) is 56.9 Å². The van der Waals surface area contributed by atoms with Crippen molar-refractivity contribution in [2.75, 3.05) is 13.1 Å². The van der Waals surface area contributed by atoms with Crippen LogP contribution in [0.3, 0.4) is 0 Å². The highest BCUT2D eigenvalue weighted by molar-refractivity contribution is 7.15. The first kappa shape index (κ1) is 22.1. The summed E-state index contributed by atoms with van der Waals surface area (Å²) in [7, 11) is 0. The zero-order chi connectivity index (χ0) is 21.7. The summed E-state index contributed by atoms with van der Waals surface area (Å²) >= 11 is 1.55. The molecule has 30 heavy (non-hydrogen) atoms. The summed E-state index contributed by atoms with van der Waals surface area (Å²) in [6.45, 7) is 14.9. The molecule has 1 aromatic carbocycles. The molecule has 5 heteroatoms. The molecular formula is C25H30N4S. The third kappa shape index (κ3) is 4.77. The van der Waals surface area contributed by atoms with Crippen LogP contribution >= 0.6 is 11.3 Å². The van der Waals surface area contributed by atoms with Gasteiger partial charge in [-0.25, -0.2) is 0 Å². The average molecular weight is 419 g/mol. The summed E-state index contributed by atoms with van der Waals surface area (Å²) in [6.07, 6.45) is 5.02. The number of aromatic nitrogens is 2. The van der Waals surface area contributed by atoms with E-state index in [1.165, 1.54) is 16.7 Å². The molecule has 1 aliphatic heterocycles. The highest BCUT2D eigenvalue weighted by atomic mass is 32.1. The second-order valence-corrected chi connectivity index (χ2v) is 9.00. The Morgan fingerprint density at radius 2 is 2.17 bits per heavy atom. The molecule has 2 aromatic rings. The van der Waals surface area contributed by atoms with Gasteiger partial charge < -0.3 is 5.32 Å². The molecule has 2 heterocycles. The van der Waals surface area contributed by atoms with Crippen molar-refractivity contribution in [2.45, 2.75) is 47.0 Å². The molecule has 1 fully saturated rings. The number of hydrogen-bond acceptors (Lipinski definition) is 5. The van der Waals surface area contributed by atoms with Gasteiger partial charge in [-0.15, -0.1) is 10.2 Å². The third-order valence-corrected chi connectivity index (χ3v) is 6.51. The first-order valence-electron chi connectivity index (χ1n) is 10.6. The molecule has 0 radical (unpaired) electrons. The van der Waals surface area contributed by atoms with Crippen LogP contribution < -0.4 is 5.32 Å². The molecule has 0 amide bonds. The molecule has 1 saturated heterocycles. The summed E-state index contributed by atoms with van der Waals surface area (Å²) in [5.74, 6) is 0.511. The first-order chi connectivity index (χ1) is 14.5. The van der Waals surface area contributed by atoms with E-state index in [1.807, 2.05) is 6.07 Å². The Hall–Kier alpha value is -2.55. The molecule has 0 bridgehead atoms. The molecule has 0 atom stereocenters. The fourth-order valence-corrected chi connectivity index (χ4v) is 4.79. The number of nitrogens with zero attached hydrogens (tertiary/aromatic N) is 3. The number of nitrogens with one attached hydrogen (secondary N) is 1.